The lowest BCUT2D eigenvalue weighted by Gasteiger charge is -2.25. The van der Waals surface area contributed by atoms with Gasteiger partial charge in [0, 0.05) is 28.8 Å². The molecule has 5 nitrogen and oxygen atoms in total. The Morgan fingerprint density at radius 1 is 0.812 bits per heavy atom. The van der Waals surface area contributed by atoms with Crippen LogP contribution in [0.1, 0.15) is 5.56 Å². The van der Waals surface area contributed by atoms with Gasteiger partial charge in [-0.2, -0.15) is 5.26 Å². The SMILES string of the molecule is N#C/C(=C\c1ccc(-c2ccc(N(c3ccccc3)c3ccccc3)cc2)nc1)C(=O)O. The van der Waals surface area contributed by atoms with E-state index in [4.69, 9.17) is 10.4 Å². The number of para-hydroxylation sites is 2. The fourth-order valence-corrected chi connectivity index (χ4v) is 3.35. The summed E-state index contributed by atoms with van der Waals surface area (Å²) in [7, 11) is 0. The van der Waals surface area contributed by atoms with Crippen LogP contribution in [-0.4, -0.2) is 16.1 Å². The normalized spacial score (nSPS) is 10.9. The highest BCUT2D eigenvalue weighted by atomic mass is 16.4. The molecule has 0 fully saturated rings. The number of anilines is 3. The first-order valence-electron chi connectivity index (χ1n) is 9.97. The standard InChI is InChI=1S/C27H19N3O2/c28-18-22(27(31)32)17-20-11-16-26(29-19-20)21-12-14-25(15-13-21)30(23-7-3-1-4-8-23)24-9-5-2-6-10-24/h1-17,19H,(H,31,32)/b22-17+. The van der Waals surface area contributed by atoms with Crippen LogP contribution in [0.25, 0.3) is 17.3 Å². The molecular formula is C27H19N3O2. The average Bonchev–Trinajstić information content (AvgIpc) is 2.85. The van der Waals surface area contributed by atoms with Crippen LogP contribution in [0.2, 0.25) is 0 Å². The molecule has 5 heteroatoms. The third-order valence-electron chi connectivity index (χ3n) is 4.90. The summed E-state index contributed by atoms with van der Waals surface area (Å²) in [6, 6.07) is 33.7. The monoisotopic (exact) mass is 417 g/mol. The van der Waals surface area contributed by atoms with Gasteiger partial charge in [-0.05, 0) is 54.1 Å². The Morgan fingerprint density at radius 2 is 1.38 bits per heavy atom. The predicted octanol–water partition coefficient (Wildman–Crippen LogP) is 6.21. The van der Waals surface area contributed by atoms with Gasteiger partial charge in [0.1, 0.15) is 11.6 Å². The Labute approximate surface area is 186 Å². The summed E-state index contributed by atoms with van der Waals surface area (Å²) in [4.78, 5) is 17.6. The number of nitrogens with zero attached hydrogens (tertiary/aromatic N) is 3. The summed E-state index contributed by atoms with van der Waals surface area (Å²) < 4.78 is 0. The third-order valence-corrected chi connectivity index (χ3v) is 4.90. The number of aromatic nitrogens is 1. The Kier molecular flexibility index (Phi) is 6.05. The zero-order chi connectivity index (χ0) is 22.3. The van der Waals surface area contributed by atoms with E-state index in [1.165, 1.54) is 6.08 Å². The Hall–Kier alpha value is -4.69. The van der Waals surface area contributed by atoms with E-state index in [-0.39, 0.29) is 5.57 Å². The topological polar surface area (TPSA) is 77.2 Å². The number of carbonyl (C=O) groups is 1. The van der Waals surface area contributed by atoms with E-state index in [0.717, 1.165) is 28.3 Å². The van der Waals surface area contributed by atoms with Crippen molar-refractivity contribution in [2.45, 2.75) is 0 Å². The molecule has 0 saturated carbocycles. The summed E-state index contributed by atoms with van der Waals surface area (Å²) in [6.45, 7) is 0. The number of carboxylic acid groups (broad SMARTS) is 1. The van der Waals surface area contributed by atoms with Crippen molar-refractivity contribution in [3.63, 3.8) is 0 Å². The smallest absolute Gasteiger partial charge is 0.346 e. The summed E-state index contributed by atoms with van der Waals surface area (Å²) in [5, 5.41) is 17.9. The lowest BCUT2D eigenvalue weighted by molar-refractivity contribution is -0.132. The largest absolute Gasteiger partial charge is 0.477 e. The van der Waals surface area contributed by atoms with Gasteiger partial charge in [0.05, 0.1) is 5.69 Å². The van der Waals surface area contributed by atoms with Crippen LogP contribution in [-0.2, 0) is 4.79 Å². The molecule has 0 saturated heterocycles. The molecule has 0 amide bonds. The first-order chi connectivity index (χ1) is 15.7. The van der Waals surface area contributed by atoms with Crippen molar-refractivity contribution >= 4 is 29.1 Å². The molecule has 154 valence electrons. The molecule has 32 heavy (non-hydrogen) atoms. The van der Waals surface area contributed by atoms with E-state index < -0.39 is 5.97 Å². The molecule has 0 radical (unpaired) electrons. The van der Waals surface area contributed by atoms with Gasteiger partial charge in [0.25, 0.3) is 0 Å². The molecule has 0 unspecified atom stereocenters. The van der Waals surface area contributed by atoms with Crippen LogP contribution in [0.15, 0.2) is 109 Å². The predicted molar refractivity (Wildman–Crippen MR) is 126 cm³/mol. The first-order valence-corrected chi connectivity index (χ1v) is 9.97. The minimum absolute atomic E-state index is 0.328. The summed E-state index contributed by atoms with van der Waals surface area (Å²) in [6.07, 6.45) is 2.86. The minimum Gasteiger partial charge on any atom is -0.477 e. The molecule has 0 bridgehead atoms. The van der Waals surface area contributed by atoms with E-state index in [2.05, 4.69) is 34.1 Å². The maximum Gasteiger partial charge on any atom is 0.346 e. The number of hydrogen-bond acceptors (Lipinski definition) is 4. The van der Waals surface area contributed by atoms with E-state index in [1.807, 2.05) is 66.7 Å². The fourth-order valence-electron chi connectivity index (χ4n) is 3.35. The Bertz CT molecular complexity index is 1240. The van der Waals surface area contributed by atoms with Gasteiger partial charge in [-0.3, -0.25) is 4.98 Å². The van der Waals surface area contributed by atoms with Gasteiger partial charge in [0.15, 0.2) is 0 Å². The van der Waals surface area contributed by atoms with Crippen LogP contribution >= 0.6 is 0 Å². The van der Waals surface area contributed by atoms with Gasteiger partial charge in [-0.1, -0.05) is 54.6 Å². The maximum atomic E-state index is 11.0. The number of carboxylic acids is 1. The van der Waals surface area contributed by atoms with Crippen molar-refractivity contribution in [3.05, 3.63) is 114 Å². The van der Waals surface area contributed by atoms with E-state index >= 15 is 0 Å². The van der Waals surface area contributed by atoms with E-state index in [0.29, 0.717) is 5.56 Å². The van der Waals surface area contributed by atoms with Crippen molar-refractivity contribution < 1.29 is 9.90 Å². The molecule has 0 spiro atoms. The lowest BCUT2D eigenvalue weighted by Crippen LogP contribution is -2.09. The minimum atomic E-state index is -1.26. The highest BCUT2D eigenvalue weighted by molar-refractivity contribution is 5.96. The quantitative estimate of drug-likeness (QED) is 0.298. The molecular weight excluding hydrogens is 398 g/mol. The van der Waals surface area contributed by atoms with E-state index in [9.17, 15) is 4.79 Å². The van der Waals surface area contributed by atoms with Crippen molar-refractivity contribution in [1.29, 1.82) is 5.26 Å². The van der Waals surface area contributed by atoms with Gasteiger partial charge in [-0.25, -0.2) is 4.79 Å². The molecule has 0 aliphatic heterocycles. The number of benzene rings is 3. The molecule has 1 N–H and O–H groups in total. The van der Waals surface area contributed by atoms with Crippen molar-refractivity contribution in [1.82, 2.24) is 4.98 Å². The molecule has 1 aromatic heterocycles. The number of rotatable bonds is 6. The summed E-state index contributed by atoms with van der Waals surface area (Å²) >= 11 is 0. The number of pyridine rings is 1. The van der Waals surface area contributed by atoms with Crippen LogP contribution in [0, 0.1) is 11.3 Å². The summed E-state index contributed by atoms with van der Waals surface area (Å²) in [5.74, 6) is -1.26. The van der Waals surface area contributed by atoms with Crippen molar-refractivity contribution in [2.24, 2.45) is 0 Å². The van der Waals surface area contributed by atoms with Crippen LogP contribution in [0.5, 0.6) is 0 Å². The number of aliphatic carboxylic acids is 1. The fraction of sp³-hybridized carbons (Fsp3) is 0. The van der Waals surface area contributed by atoms with Crippen LogP contribution in [0.4, 0.5) is 17.1 Å². The average molecular weight is 417 g/mol. The van der Waals surface area contributed by atoms with Crippen molar-refractivity contribution in [2.75, 3.05) is 4.90 Å². The Balaban J connectivity index is 1.63. The lowest BCUT2D eigenvalue weighted by atomic mass is 10.1. The molecule has 1 heterocycles. The second-order valence-corrected chi connectivity index (χ2v) is 7.01. The van der Waals surface area contributed by atoms with Gasteiger partial charge < -0.3 is 10.0 Å². The second kappa shape index (κ2) is 9.41. The first kappa shape index (κ1) is 20.6. The third kappa shape index (κ3) is 4.55. The van der Waals surface area contributed by atoms with Gasteiger partial charge in [-0.15, -0.1) is 0 Å². The van der Waals surface area contributed by atoms with E-state index in [1.54, 1.807) is 18.3 Å². The molecule has 3 aromatic carbocycles. The molecule has 0 aliphatic rings. The molecule has 0 atom stereocenters. The Morgan fingerprint density at radius 3 is 1.84 bits per heavy atom. The highest BCUT2D eigenvalue weighted by Gasteiger charge is 2.12. The summed E-state index contributed by atoms with van der Waals surface area (Å²) in [5.41, 5.74) is 5.07. The molecule has 4 rings (SSSR count). The zero-order valence-corrected chi connectivity index (χ0v) is 17.1. The second-order valence-electron chi connectivity index (χ2n) is 7.01. The number of hydrogen-bond donors (Lipinski definition) is 1. The number of nitriles is 1. The molecule has 4 aromatic rings. The maximum absolute atomic E-state index is 11.0. The van der Waals surface area contributed by atoms with Crippen LogP contribution < -0.4 is 4.90 Å². The van der Waals surface area contributed by atoms with Crippen molar-refractivity contribution in [3.8, 4) is 17.3 Å². The zero-order valence-electron chi connectivity index (χ0n) is 17.1. The molecule has 0 aliphatic carbocycles. The van der Waals surface area contributed by atoms with Gasteiger partial charge >= 0.3 is 5.97 Å². The van der Waals surface area contributed by atoms with Crippen LogP contribution in [0.3, 0.4) is 0 Å². The highest BCUT2D eigenvalue weighted by Crippen LogP contribution is 2.34. The van der Waals surface area contributed by atoms with Gasteiger partial charge in [0.2, 0.25) is 0 Å².